The van der Waals surface area contributed by atoms with Crippen molar-refractivity contribution >= 4 is 40.5 Å². The van der Waals surface area contributed by atoms with E-state index >= 15 is 0 Å². The highest BCUT2D eigenvalue weighted by molar-refractivity contribution is 7.80. The zero-order chi connectivity index (χ0) is 21.7. The SMILES string of the molecule is CCOc1cc(C(=S)N2CCCCC2)ccc1OC(=O)c1ccc(Cl)c([N+](=O)[O-])c1. The van der Waals surface area contributed by atoms with Crippen molar-refractivity contribution in [1.82, 2.24) is 4.90 Å². The summed E-state index contributed by atoms with van der Waals surface area (Å²) in [6.45, 7) is 4.05. The van der Waals surface area contributed by atoms with Crippen LogP contribution in [0.3, 0.4) is 0 Å². The number of carbonyl (C=O) groups is 1. The Labute approximate surface area is 184 Å². The van der Waals surface area contributed by atoms with E-state index in [0.717, 1.165) is 42.5 Å². The van der Waals surface area contributed by atoms with Crippen LogP contribution in [0.15, 0.2) is 36.4 Å². The zero-order valence-electron chi connectivity index (χ0n) is 16.4. The molecule has 1 fully saturated rings. The first-order valence-electron chi connectivity index (χ1n) is 9.63. The van der Waals surface area contributed by atoms with Crippen LogP contribution >= 0.6 is 23.8 Å². The molecule has 0 atom stereocenters. The fourth-order valence-electron chi connectivity index (χ4n) is 3.21. The molecule has 2 aromatic rings. The maximum absolute atomic E-state index is 12.5. The lowest BCUT2D eigenvalue weighted by atomic mass is 10.1. The van der Waals surface area contributed by atoms with E-state index in [2.05, 4.69) is 4.90 Å². The van der Waals surface area contributed by atoms with Crippen molar-refractivity contribution in [3.05, 3.63) is 62.7 Å². The van der Waals surface area contributed by atoms with Crippen molar-refractivity contribution in [3.8, 4) is 11.5 Å². The predicted molar refractivity (Wildman–Crippen MR) is 118 cm³/mol. The number of ether oxygens (including phenoxy) is 2. The monoisotopic (exact) mass is 448 g/mol. The maximum Gasteiger partial charge on any atom is 0.343 e. The quantitative estimate of drug-likeness (QED) is 0.201. The number of nitrogens with zero attached hydrogens (tertiary/aromatic N) is 2. The number of hydrogen-bond acceptors (Lipinski definition) is 6. The third kappa shape index (κ3) is 5.06. The lowest BCUT2D eigenvalue weighted by molar-refractivity contribution is -0.384. The van der Waals surface area contributed by atoms with E-state index in [-0.39, 0.29) is 22.0 Å². The van der Waals surface area contributed by atoms with E-state index < -0.39 is 10.9 Å². The molecular formula is C21H21ClN2O5S. The summed E-state index contributed by atoms with van der Waals surface area (Å²) < 4.78 is 11.1. The smallest absolute Gasteiger partial charge is 0.343 e. The van der Waals surface area contributed by atoms with Crippen LogP contribution in [0.4, 0.5) is 5.69 Å². The minimum absolute atomic E-state index is 0.0152. The van der Waals surface area contributed by atoms with E-state index in [1.54, 1.807) is 18.2 Å². The van der Waals surface area contributed by atoms with Gasteiger partial charge in [0.2, 0.25) is 0 Å². The van der Waals surface area contributed by atoms with E-state index in [1.807, 2.05) is 6.92 Å². The van der Waals surface area contributed by atoms with Crippen molar-refractivity contribution in [2.75, 3.05) is 19.7 Å². The molecule has 7 nitrogen and oxygen atoms in total. The Morgan fingerprint density at radius 1 is 1.13 bits per heavy atom. The molecule has 30 heavy (non-hydrogen) atoms. The van der Waals surface area contributed by atoms with Gasteiger partial charge in [-0.2, -0.15) is 0 Å². The Balaban J connectivity index is 1.83. The molecule has 0 saturated carbocycles. The van der Waals surface area contributed by atoms with E-state index in [0.29, 0.717) is 12.4 Å². The van der Waals surface area contributed by atoms with Gasteiger partial charge in [-0.25, -0.2) is 4.79 Å². The number of likely N-dealkylation sites (tertiary alicyclic amines) is 1. The van der Waals surface area contributed by atoms with Gasteiger partial charge in [0.25, 0.3) is 5.69 Å². The van der Waals surface area contributed by atoms with E-state index in [9.17, 15) is 14.9 Å². The average molecular weight is 449 g/mol. The molecule has 3 rings (SSSR count). The summed E-state index contributed by atoms with van der Waals surface area (Å²) in [6.07, 6.45) is 3.43. The van der Waals surface area contributed by atoms with Gasteiger partial charge in [0.05, 0.1) is 17.1 Å². The Morgan fingerprint density at radius 2 is 1.83 bits per heavy atom. The van der Waals surface area contributed by atoms with Crippen LogP contribution in [-0.4, -0.2) is 40.5 Å². The molecule has 2 aromatic carbocycles. The van der Waals surface area contributed by atoms with Gasteiger partial charge in [0, 0.05) is 24.7 Å². The van der Waals surface area contributed by atoms with Gasteiger partial charge in [-0.1, -0.05) is 23.8 Å². The number of nitro groups is 1. The van der Waals surface area contributed by atoms with Crippen LogP contribution in [-0.2, 0) is 0 Å². The summed E-state index contributed by atoms with van der Waals surface area (Å²) in [5.41, 5.74) is 0.470. The summed E-state index contributed by atoms with van der Waals surface area (Å²) in [5.74, 6) is -0.155. The van der Waals surface area contributed by atoms with Gasteiger partial charge in [-0.05, 0) is 56.5 Å². The molecule has 9 heteroatoms. The number of carbonyl (C=O) groups excluding carboxylic acids is 1. The molecule has 0 spiro atoms. The van der Waals surface area contributed by atoms with Gasteiger partial charge in [-0.3, -0.25) is 10.1 Å². The second-order valence-electron chi connectivity index (χ2n) is 6.76. The number of benzene rings is 2. The first kappa shape index (κ1) is 22.0. The Hall–Kier alpha value is -2.71. The molecule has 0 unspecified atom stereocenters. The summed E-state index contributed by atoms with van der Waals surface area (Å²) >= 11 is 11.4. The van der Waals surface area contributed by atoms with Crippen molar-refractivity contribution in [2.45, 2.75) is 26.2 Å². The van der Waals surface area contributed by atoms with Crippen LogP contribution in [0, 0.1) is 10.1 Å². The minimum atomic E-state index is -0.748. The fraction of sp³-hybridized carbons (Fsp3) is 0.333. The number of hydrogen-bond donors (Lipinski definition) is 0. The van der Waals surface area contributed by atoms with Gasteiger partial charge >= 0.3 is 5.97 Å². The molecular weight excluding hydrogens is 428 g/mol. The van der Waals surface area contributed by atoms with E-state index in [1.165, 1.54) is 18.6 Å². The first-order valence-corrected chi connectivity index (χ1v) is 10.4. The van der Waals surface area contributed by atoms with Gasteiger partial charge in [-0.15, -0.1) is 0 Å². The molecule has 1 aliphatic rings. The number of rotatable bonds is 6. The van der Waals surface area contributed by atoms with Crippen LogP contribution in [0.5, 0.6) is 11.5 Å². The number of thiocarbonyl (C=S) groups is 1. The largest absolute Gasteiger partial charge is 0.490 e. The molecule has 0 aliphatic carbocycles. The van der Waals surface area contributed by atoms with Crippen LogP contribution in [0.1, 0.15) is 42.1 Å². The highest BCUT2D eigenvalue weighted by Gasteiger charge is 2.21. The van der Waals surface area contributed by atoms with Crippen molar-refractivity contribution < 1.29 is 19.2 Å². The molecule has 0 N–H and O–H groups in total. The highest BCUT2D eigenvalue weighted by Crippen LogP contribution is 2.31. The number of esters is 1. The summed E-state index contributed by atoms with van der Waals surface area (Å²) in [5, 5.41) is 11.0. The van der Waals surface area contributed by atoms with Crippen molar-refractivity contribution in [3.63, 3.8) is 0 Å². The summed E-state index contributed by atoms with van der Waals surface area (Å²) in [7, 11) is 0. The second kappa shape index (κ2) is 9.86. The fourth-order valence-corrected chi connectivity index (χ4v) is 3.71. The van der Waals surface area contributed by atoms with Gasteiger partial charge < -0.3 is 14.4 Å². The zero-order valence-corrected chi connectivity index (χ0v) is 18.0. The summed E-state index contributed by atoms with van der Waals surface area (Å²) in [6, 6.07) is 8.92. The third-order valence-electron chi connectivity index (χ3n) is 4.71. The first-order chi connectivity index (χ1) is 14.4. The molecule has 1 saturated heterocycles. The van der Waals surface area contributed by atoms with Crippen LogP contribution in [0.25, 0.3) is 0 Å². The molecule has 1 heterocycles. The highest BCUT2D eigenvalue weighted by atomic mass is 35.5. The number of halogens is 1. The van der Waals surface area contributed by atoms with Crippen LogP contribution in [0.2, 0.25) is 5.02 Å². The standard InChI is InChI=1S/C21H21ClN2O5S/c1-2-28-19-13-14(20(30)23-10-4-3-5-11-23)7-9-18(19)29-21(25)15-6-8-16(22)17(12-15)24(26)27/h6-9,12-13H,2-5,10-11H2,1H3. The molecule has 0 aromatic heterocycles. The Morgan fingerprint density at radius 3 is 2.50 bits per heavy atom. The third-order valence-corrected chi connectivity index (χ3v) is 5.53. The van der Waals surface area contributed by atoms with E-state index in [4.69, 9.17) is 33.3 Å². The van der Waals surface area contributed by atoms with Gasteiger partial charge in [0.1, 0.15) is 10.0 Å². The lowest BCUT2D eigenvalue weighted by Crippen LogP contribution is -2.34. The van der Waals surface area contributed by atoms with Crippen molar-refractivity contribution in [1.29, 1.82) is 0 Å². The topological polar surface area (TPSA) is 81.9 Å². The van der Waals surface area contributed by atoms with Gasteiger partial charge in [0.15, 0.2) is 11.5 Å². The minimum Gasteiger partial charge on any atom is -0.490 e. The molecule has 0 radical (unpaired) electrons. The molecule has 0 bridgehead atoms. The Bertz CT molecular complexity index is 976. The average Bonchev–Trinajstić information content (AvgIpc) is 2.75. The molecule has 1 aliphatic heterocycles. The molecule has 0 amide bonds. The maximum atomic E-state index is 12.5. The Kier molecular flexibility index (Phi) is 7.23. The predicted octanol–water partition coefficient (Wildman–Crippen LogP) is 5.03. The number of nitro benzene ring substituents is 1. The van der Waals surface area contributed by atoms with Crippen LogP contribution < -0.4 is 9.47 Å². The van der Waals surface area contributed by atoms with Crippen molar-refractivity contribution in [2.24, 2.45) is 0 Å². The lowest BCUT2D eigenvalue weighted by Gasteiger charge is -2.29. The molecule has 158 valence electrons. The summed E-state index contributed by atoms with van der Waals surface area (Å²) in [4.78, 5) is 25.9. The normalized spacial score (nSPS) is 13.6. The number of piperidine rings is 1. The second-order valence-corrected chi connectivity index (χ2v) is 7.55.